The summed E-state index contributed by atoms with van der Waals surface area (Å²) in [6.45, 7) is 0.0566. The standard InChI is InChI=1S/C20H15FN4O3/c1-26-12-2-4-15-14(6-12)20(9-27-19(22)25-20)17-16(28-15)5-3-13(18(17)21)11-7-23-10-24-8-11/h2-8,10H,9H2,1H3,(H2,22,25)/t20-/m0/s1. The molecule has 0 radical (unpaired) electrons. The number of methoxy groups -OCH3 is 1. The molecular formula is C20H15FN4O3. The van der Waals surface area contributed by atoms with E-state index in [1.54, 1.807) is 49.8 Å². The topological polar surface area (TPSA) is 91.9 Å². The quantitative estimate of drug-likeness (QED) is 0.737. The Balaban J connectivity index is 1.80. The lowest BCUT2D eigenvalue weighted by Gasteiger charge is -2.34. The predicted molar refractivity (Wildman–Crippen MR) is 98.8 cm³/mol. The van der Waals surface area contributed by atoms with Crippen LogP contribution in [0.2, 0.25) is 0 Å². The molecule has 3 heterocycles. The Morgan fingerprint density at radius 1 is 1.14 bits per heavy atom. The van der Waals surface area contributed by atoms with Crippen LogP contribution in [0.3, 0.4) is 0 Å². The number of rotatable bonds is 2. The van der Waals surface area contributed by atoms with Gasteiger partial charge in [-0.1, -0.05) is 0 Å². The number of nitrogens with zero attached hydrogens (tertiary/aromatic N) is 3. The molecule has 8 heteroatoms. The van der Waals surface area contributed by atoms with E-state index in [0.717, 1.165) is 0 Å². The number of aromatic nitrogens is 2. The number of amidine groups is 1. The van der Waals surface area contributed by atoms with Crippen LogP contribution in [-0.4, -0.2) is 29.7 Å². The number of hydrogen-bond acceptors (Lipinski definition) is 7. The molecule has 7 nitrogen and oxygen atoms in total. The van der Waals surface area contributed by atoms with Crippen molar-refractivity contribution in [1.82, 2.24) is 9.97 Å². The van der Waals surface area contributed by atoms with Crippen LogP contribution in [0.15, 0.2) is 54.0 Å². The number of fused-ring (bicyclic) bond motifs is 4. The summed E-state index contributed by atoms with van der Waals surface area (Å²) in [5.74, 6) is 1.02. The van der Waals surface area contributed by atoms with Gasteiger partial charge in [0.2, 0.25) is 0 Å². The molecule has 1 aromatic heterocycles. The average Bonchev–Trinajstić information content (AvgIpc) is 3.10. The van der Waals surface area contributed by atoms with Crippen molar-refractivity contribution in [1.29, 1.82) is 0 Å². The van der Waals surface area contributed by atoms with Crippen LogP contribution in [0.25, 0.3) is 11.1 Å². The van der Waals surface area contributed by atoms with Gasteiger partial charge in [-0.2, -0.15) is 0 Å². The van der Waals surface area contributed by atoms with Gasteiger partial charge in [0.25, 0.3) is 6.02 Å². The van der Waals surface area contributed by atoms with Gasteiger partial charge in [0.15, 0.2) is 5.54 Å². The molecule has 0 saturated carbocycles. The fourth-order valence-corrected chi connectivity index (χ4v) is 3.69. The van der Waals surface area contributed by atoms with Crippen molar-refractivity contribution in [3.05, 3.63) is 66.0 Å². The molecule has 2 aromatic carbocycles. The monoisotopic (exact) mass is 378 g/mol. The van der Waals surface area contributed by atoms with Crippen molar-refractivity contribution in [2.75, 3.05) is 13.7 Å². The van der Waals surface area contributed by atoms with Gasteiger partial charge < -0.3 is 19.9 Å². The van der Waals surface area contributed by atoms with Crippen molar-refractivity contribution in [2.45, 2.75) is 5.54 Å². The van der Waals surface area contributed by atoms with E-state index in [1.807, 2.05) is 0 Å². The van der Waals surface area contributed by atoms with Crippen LogP contribution in [0.4, 0.5) is 4.39 Å². The number of benzene rings is 2. The van der Waals surface area contributed by atoms with Crippen LogP contribution >= 0.6 is 0 Å². The predicted octanol–water partition coefficient (Wildman–Crippen LogP) is 2.99. The largest absolute Gasteiger partial charge is 0.497 e. The van der Waals surface area contributed by atoms with Gasteiger partial charge in [0, 0.05) is 29.1 Å². The van der Waals surface area contributed by atoms with Gasteiger partial charge in [-0.05, 0) is 30.3 Å². The zero-order chi connectivity index (χ0) is 19.3. The number of nitrogens with two attached hydrogens (primary N) is 1. The summed E-state index contributed by atoms with van der Waals surface area (Å²) in [5.41, 5.74) is 6.44. The highest BCUT2D eigenvalue weighted by Crippen LogP contribution is 2.53. The third kappa shape index (κ3) is 2.24. The van der Waals surface area contributed by atoms with E-state index in [2.05, 4.69) is 15.0 Å². The summed E-state index contributed by atoms with van der Waals surface area (Å²) in [6, 6.07) is 8.64. The Morgan fingerprint density at radius 2 is 1.93 bits per heavy atom. The first-order valence-corrected chi connectivity index (χ1v) is 8.55. The molecule has 1 spiro atoms. The summed E-state index contributed by atoms with van der Waals surface area (Å²) in [6.07, 6.45) is 4.49. The molecule has 0 bridgehead atoms. The Bertz CT molecular complexity index is 1120. The van der Waals surface area contributed by atoms with Crippen LogP contribution in [0, 0.1) is 5.82 Å². The first-order valence-electron chi connectivity index (χ1n) is 8.55. The zero-order valence-corrected chi connectivity index (χ0v) is 14.8. The highest BCUT2D eigenvalue weighted by Gasteiger charge is 2.49. The SMILES string of the molecule is COc1ccc2c(c1)[C@@]1(COC(N)=N1)c1c(ccc(-c3cncnc3)c1F)O2. The molecule has 28 heavy (non-hydrogen) atoms. The first kappa shape index (κ1) is 16.5. The van der Waals surface area contributed by atoms with E-state index < -0.39 is 11.4 Å². The minimum absolute atomic E-state index is 0.00512. The summed E-state index contributed by atoms with van der Waals surface area (Å²) in [5, 5.41) is 0. The lowest BCUT2D eigenvalue weighted by atomic mass is 9.80. The van der Waals surface area contributed by atoms with Gasteiger partial charge in [0.05, 0.1) is 12.7 Å². The highest BCUT2D eigenvalue weighted by molar-refractivity contribution is 5.78. The van der Waals surface area contributed by atoms with Crippen molar-refractivity contribution < 1.29 is 18.6 Å². The van der Waals surface area contributed by atoms with Crippen molar-refractivity contribution in [3.8, 4) is 28.4 Å². The summed E-state index contributed by atoms with van der Waals surface area (Å²) >= 11 is 0. The van der Waals surface area contributed by atoms with Gasteiger partial charge in [0.1, 0.15) is 36.0 Å². The van der Waals surface area contributed by atoms with Crippen LogP contribution in [0.1, 0.15) is 11.1 Å². The Morgan fingerprint density at radius 3 is 2.64 bits per heavy atom. The molecule has 0 amide bonds. The molecule has 5 rings (SSSR count). The average molecular weight is 378 g/mol. The highest BCUT2D eigenvalue weighted by atomic mass is 19.1. The molecule has 0 unspecified atom stereocenters. The smallest absolute Gasteiger partial charge is 0.283 e. The molecule has 2 aliphatic rings. The van der Waals surface area contributed by atoms with Gasteiger partial charge in [-0.25, -0.2) is 19.4 Å². The van der Waals surface area contributed by atoms with Crippen LogP contribution in [0.5, 0.6) is 17.2 Å². The van der Waals surface area contributed by atoms with E-state index in [9.17, 15) is 0 Å². The van der Waals surface area contributed by atoms with Crippen molar-refractivity contribution in [3.63, 3.8) is 0 Å². The van der Waals surface area contributed by atoms with Crippen molar-refractivity contribution >= 4 is 6.02 Å². The Hall–Kier alpha value is -3.68. The second-order valence-electron chi connectivity index (χ2n) is 6.49. The molecule has 0 fully saturated rings. The van der Waals surface area contributed by atoms with Crippen molar-refractivity contribution in [2.24, 2.45) is 10.7 Å². The molecule has 3 aromatic rings. The molecule has 2 aliphatic heterocycles. The molecule has 2 N–H and O–H groups in total. The lowest BCUT2D eigenvalue weighted by Crippen LogP contribution is -2.32. The molecular weight excluding hydrogens is 363 g/mol. The van der Waals surface area contributed by atoms with Crippen LogP contribution < -0.4 is 15.2 Å². The Labute approximate surface area is 159 Å². The second kappa shape index (κ2) is 5.91. The fraction of sp³-hybridized carbons (Fsp3) is 0.150. The molecule has 0 aliphatic carbocycles. The summed E-state index contributed by atoms with van der Waals surface area (Å²) in [7, 11) is 1.56. The third-order valence-corrected chi connectivity index (χ3v) is 4.97. The lowest BCUT2D eigenvalue weighted by molar-refractivity contribution is 0.259. The minimum atomic E-state index is -1.17. The number of halogens is 1. The maximum atomic E-state index is 15.8. The Kier molecular flexibility index (Phi) is 3.48. The van der Waals surface area contributed by atoms with Crippen LogP contribution in [-0.2, 0) is 10.3 Å². The second-order valence-corrected chi connectivity index (χ2v) is 6.49. The first-order chi connectivity index (χ1) is 13.6. The van der Waals surface area contributed by atoms with E-state index in [4.69, 9.17) is 19.9 Å². The number of aliphatic imine (C=N–C) groups is 1. The molecule has 1 atom stereocenters. The van der Waals surface area contributed by atoms with E-state index >= 15 is 4.39 Å². The summed E-state index contributed by atoms with van der Waals surface area (Å²) < 4.78 is 32.6. The minimum Gasteiger partial charge on any atom is -0.497 e. The number of ether oxygens (including phenoxy) is 3. The van der Waals surface area contributed by atoms with Gasteiger partial charge >= 0.3 is 0 Å². The van der Waals surface area contributed by atoms with E-state index in [0.29, 0.717) is 33.9 Å². The summed E-state index contributed by atoms with van der Waals surface area (Å²) in [4.78, 5) is 12.5. The molecule has 140 valence electrons. The maximum Gasteiger partial charge on any atom is 0.283 e. The van der Waals surface area contributed by atoms with E-state index in [1.165, 1.54) is 6.33 Å². The van der Waals surface area contributed by atoms with Gasteiger partial charge in [-0.3, -0.25) is 0 Å². The fourth-order valence-electron chi connectivity index (χ4n) is 3.69. The maximum absolute atomic E-state index is 15.8. The number of hydrogen-bond donors (Lipinski definition) is 1. The van der Waals surface area contributed by atoms with Gasteiger partial charge in [-0.15, -0.1) is 0 Å². The normalized spacial score (nSPS) is 19.3. The van der Waals surface area contributed by atoms with E-state index in [-0.39, 0.29) is 18.2 Å². The third-order valence-electron chi connectivity index (χ3n) is 4.97. The zero-order valence-electron chi connectivity index (χ0n) is 14.8. The molecule has 0 saturated heterocycles.